The van der Waals surface area contributed by atoms with Crippen molar-refractivity contribution in [2.75, 3.05) is 0 Å². The van der Waals surface area contributed by atoms with Gasteiger partial charge in [0.15, 0.2) is 0 Å². The molecule has 0 heterocycles. The van der Waals surface area contributed by atoms with E-state index in [1.165, 1.54) is 50.7 Å². The molecule has 24 heavy (non-hydrogen) atoms. The van der Waals surface area contributed by atoms with E-state index in [0.29, 0.717) is 11.8 Å². The van der Waals surface area contributed by atoms with Crippen molar-refractivity contribution in [3.05, 3.63) is 35.6 Å². The number of carbonyl (C=O) groups excluding carboxylic acids is 1. The van der Waals surface area contributed by atoms with Crippen molar-refractivity contribution in [3.8, 4) is 0 Å². The zero-order chi connectivity index (χ0) is 16.9. The number of amides is 1. The van der Waals surface area contributed by atoms with Crippen LogP contribution >= 0.6 is 0 Å². The van der Waals surface area contributed by atoms with Crippen LogP contribution in [-0.2, 0) is 4.79 Å². The van der Waals surface area contributed by atoms with Gasteiger partial charge in [0.05, 0.1) is 5.71 Å². The summed E-state index contributed by atoms with van der Waals surface area (Å²) in [6, 6.07) is 6.32. The molecule has 2 saturated carbocycles. The third-order valence-electron chi connectivity index (χ3n) is 5.42. The average Bonchev–Trinajstić information content (AvgIpc) is 3.23. The van der Waals surface area contributed by atoms with Gasteiger partial charge in [-0.25, -0.2) is 9.82 Å². The number of nitrogens with zero attached hydrogens (tertiary/aromatic N) is 1. The molecule has 2 aliphatic rings. The highest BCUT2D eigenvalue weighted by molar-refractivity contribution is 6.01. The van der Waals surface area contributed by atoms with E-state index in [1.54, 1.807) is 12.1 Å². The Morgan fingerprint density at radius 1 is 1.12 bits per heavy atom. The molecule has 1 aromatic carbocycles. The van der Waals surface area contributed by atoms with Gasteiger partial charge in [0.2, 0.25) is 5.91 Å². The lowest BCUT2D eigenvalue weighted by atomic mass is 10.0. The van der Waals surface area contributed by atoms with Crippen molar-refractivity contribution in [1.82, 2.24) is 5.43 Å². The molecule has 3 nitrogen and oxygen atoms in total. The number of hydrazone groups is 1. The highest BCUT2D eigenvalue weighted by Gasteiger charge is 2.53. The quantitative estimate of drug-likeness (QED) is 0.619. The topological polar surface area (TPSA) is 41.5 Å². The Bertz CT molecular complexity index is 582. The Morgan fingerprint density at radius 3 is 2.33 bits per heavy atom. The predicted molar refractivity (Wildman–Crippen MR) is 94.2 cm³/mol. The third kappa shape index (κ3) is 4.03. The van der Waals surface area contributed by atoms with Gasteiger partial charge in [0.25, 0.3) is 0 Å². The number of fused-ring (bicyclic) bond motifs is 1. The average molecular weight is 330 g/mol. The van der Waals surface area contributed by atoms with E-state index in [1.807, 2.05) is 0 Å². The summed E-state index contributed by atoms with van der Waals surface area (Å²) in [4.78, 5) is 12.5. The first kappa shape index (κ1) is 17.1. The number of halogens is 1. The van der Waals surface area contributed by atoms with Gasteiger partial charge >= 0.3 is 0 Å². The minimum absolute atomic E-state index is 0.0719. The van der Waals surface area contributed by atoms with Gasteiger partial charge in [-0.05, 0) is 48.8 Å². The number of benzene rings is 1. The van der Waals surface area contributed by atoms with Crippen LogP contribution in [0.1, 0.15) is 63.9 Å². The summed E-state index contributed by atoms with van der Waals surface area (Å²) in [5.74, 6) is 1.11. The first-order valence-electron chi connectivity index (χ1n) is 9.33. The van der Waals surface area contributed by atoms with Crippen LogP contribution < -0.4 is 5.43 Å². The fraction of sp³-hybridized carbons (Fsp3) is 0.600. The lowest BCUT2D eigenvalue weighted by molar-refractivity contribution is -0.122. The molecule has 2 atom stereocenters. The fourth-order valence-corrected chi connectivity index (χ4v) is 4.08. The summed E-state index contributed by atoms with van der Waals surface area (Å²) in [5.41, 5.74) is 4.49. The van der Waals surface area contributed by atoms with Crippen LogP contribution in [0.5, 0.6) is 0 Å². The maximum absolute atomic E-state index is 13.1. The first-order chi connectivity index (χ1) is 11.7. The molecule has 0 aromatic heterocycles. The van der Waals surface area contributed by atoms with E-state index in [9.17, 15) is 9.18 Å². The highest BCUT2D eigenvalue weighted by atomic mass is 19.1. The summed E-state index contributed by atoms with van der Waals surface area (Å²) < 4.78 is 13.1. The lowest BCUT2D eigenvalue weighted by Gasteiger charge is -2.06. The van der Waals surface area contributed by atoms with Gasteiger partial charge in [-0.3, -0.25) is 4.79 Å². The van der Waals surface area contributed by atoms with E-state index in [2.05, 4.69) is 17.5 Å². The Kier molecular flexibility index (Phi) is 5.64. The number of nitrogens with one attached hydrogen (secondary N) is 1. The molecule has 2 fully saturated rings. The SMILES string of the molecule is CCCC(=NNC(=O)C1[C@@H]2CCCCCC[C@@H]12)c1ccc(F)cc1. The van der Waals surface area contributed by atoms with Crippen molar-refractivity contribution >= 4 is 11.6 Å². The van der Waals surface area contributed by atoms with Crippen LogP contribution in [-0.4, -0.2) is 11.6 Å². The van der Waals surface area contributed by atoms with Crippen molar-refractivity contribution in [1.29, 1.82) is 0 Å². The van der Waals surface area contributed by atoms with Crippen LogP contribution in [0.2, 0.25) is 0 Å². The van der Waals surface area contributed by atoms with Crippen molar-refractivity contribution in [2.45, 2.75) is 58.3 Å². The zero-order valence-corrected chi connectivity index (χ0v) is 14.4. The lowest BCUT2D eigenvalue weighted by Crippen LogP contribution is -2.23. The van der Waals surface area contributed by atoms with Gasteiger partial charge in [-0.1, -0.05) is 51.2 Å². The second-order valence-corrected chi connectivity index (χ2v) is 7.14. The van der Waals surface area contributed by atoms with Crippen LogP contribution in [0.15, 0.2) is 29.4 Å². The maximum Gasteiger partial charge on any atom is 0.243 e. The van der Waals surface area contributed by atoms with Gasteiger partial charge < -0.3 is 0 Å². The molecule has 0 spiro atoms. The molecular formula is C20H27FN2O. The van der Waals surface area contributed by atoms with Gasteiger partial charge in [0.1, 0.15) is 5.82 Å². The molecule has 0 bridgehead atoms. The van der Waals surface area contributed by atoms with E-state index >= 15 is 0 Å². The Labute approximate surface area is 143 Å². The van der Waals surface area contributed by atoms with E-state index in [-0.39, 0.29) is 17.6 Å². The van der Waals surface area contributed by atoms with E-state index < -0.39 is 0 Å². The maximum atomic E-state index is 13.1. The van der Waals surface area contributed by atoms with Crippen molar-refractivity contribution in [2.24, 2.45) is 22.9 Å². The zero-order valence-electron chi connectivity index (χ0n) is 14.4. The minimum Gasteiger partial charge on any atom is -0.273 e. The molecule has 4 heteroatoms. The molecule has 130 valence electrons. The van der Waals surface area contributed by atoms with Crippen LogP contribution in [0, 0.1) is 23.6 Å². The number of rotatable bonds is 5. The van der Waals surface area contributed by atoms with Crippen LogP contribution in [0.25, 0.3) is 0 Å². The molecule has 0 unspecified atom stereocenters. The Balaban J connectivity index is 1.63. The number of hydrogen-bond acceptors (Lipinski definition) is 2. The van der Waals surface area contributed by atoms with Crippen molar-refractivity contribution < 1.29 is 9.18 Å². The fourth-order valence-electron chi connectivity index (χ4n) is 4.08. The molecule has 0 aliphatic heterocycles. The first-order valence-corrected chi connectivity index (χ1v) is 9.33. The highest BCUT2D eigenvalue weighted by Crippen LogP contribution is 2.53. The molecule has 0 radical (unpaired) electrons. The molecule has 1 aromatic rings. The molecule has 1 N–H and O–H groups in total. The standard InChI is InChI=1S/C20H27FN2O/c1-2-7-18(14-10-12-15(21)13-11-14)22-23-20(24)19-16-8-5-3-4-6-9-17(16)19/h10-13,16-17,19H,2-9H2,1H3,(H,23,24)/t16-,17-/m1/s1. The predicted octanol–water partition coefficient (Wildman–Crippen LogP) is 4.66. The second kappa shape index (κ2) is 7.91. The van der Waals surface area contributed by atoms with Crippen LogP contribution in [0.4, 0.5) is 4.39 Å². The summed E-state index contributed by atoms with van der Waals surface area (Å²) in [5, 5.41) is 4.37. The van der Waals surface area contributed by atoms with Gasteiger partial charge in [-0.2, -0.15) is 5.10 Å². The van der Waals surface area contributed by atoms with E-state index in [0.717, 1.165) is 24.1 Å². The Hall–Kier alpha value is -1.71. The van der Waals surface area contributed by atoms with E-state index in [4.69, 9.17) is 0 Å². The molecular weight excluding hydrogens is 303 g/mol. The summed E-state index contributed by atoms with van der Waals surface area (Å²) in [6.07, 6.45) is 9.19. The molecule has 0 saturated heterocycles. The molecule has 2 aliphatic carbocycles. The normalized spacial score (nSPS) is 26.9. The minimum atomic E-state index is -0.257. The summed E-state index contributed by atoms with van der Waals surface area (Å²) >= 11 is 0. The third-order valence-corrected chi connectivity index (χ3v) is 5.42. The van der Waals surface area contributed by atoms with Gasteiger partial charge in [-0.15, -0.1) is 0 Å². The monoisotopic (exact) mass is 330 g/mol. The summed E-state index contributed by atoms with van der Waals surface area (Å²) in [7, 11) is 0. The number of carbonyl (C=O) groups is 1. The Morgan fingerprint density at radius 2 is 1.75 bits per heavy atom. The number of hydrogen-bond donors (Lipinski definition) is 1. The summed E-state index contributed by atoms with van der Waals surface area (Å²) in [6.45, 7) is 2.07. The second-order valence-electron chi connectivity index (χ2n) is 7.14. The largest absolute Gasteiger partial charge is 0.273 e. The van der Waals surface area contributed by atoms with Crippen LogP contribution in [0.3, 0.4) is 0 Å². The molecule has 3 rings (SSSR count). The molecule has 1 amide bonds. The van der Waals surface area contributed by atoms with Crippen molar-refractivity contribution in [3.63, 3.8) is 0 Å². The van der Waals surface area contributed by atoms with Gasteiger partial charge in [0, 0.05) is 5.92 Å². The smallest absolute Gasteiger partial charge is 0.243 e.